The maximum absolute atomic E-state index is 2.47. The van der Waals surface area contributed by atoms with Crippen LogP contribution in [0.2, 0.25) is 0 Å². The third-order valence-corrected chi connectivity index (χ3v) is 3.62. The fourth-order valence-corrected chi connectivity index (χ4v) is 2.84. The van der Waals surface area contributed by atoms with Gasteiger partial charge >= 0.3 is 0 Å². The van der Waals surface area contributed by atoms with Gasteiger partial charge in [-0.25, -0.2) is 0 Å². The summed E-state index contributed by atoms with van der Waals surface area (Å²) < 4.78 is 0. The molecule has 72 valence electrons. The van der Waals surface area contributed by atoms with E-state index < -0.39 is 0 Å². The SMILES string of the molecule is CC(C)C1C=CCC2CCC=CC21. The minimum Gasteiger partial charge on any atom is -0.0882 e. The van der Waals surface area contributed by atoms with Crippen molar-refractivity contribution in [3.8, 4) is 0 Å². The quantitative estimate of drug-likeness (QED) is 0.533. The van der Waals surface area contributed by atoms with Gasteiger partial charge in [-0.1, -0.05) is 38.2 Å². The van der Waals surface area contributed by atoms with Gasteiger partial charge in [0.25, 0.3) is 0 Å². The fourth-order valence-electron chi connectivity index (χ4n) is 2.84. The van der Waals surface area contributed by atoms with E-state index in [4.69, 9.17) is 0 Å². The molecule has 2 rings (SSSR count). The Balaban J connectivity index is 2.18. The number of allylic oxidation sites excluding steroid dienone is 4. The van der Waals surface area contributed by atoms with E-state index in [-0.39, 0.29) is 0 Å². The Bertz CT molecular complexity index is 222. The lowest BCUT2D eigenvalue weighted by Crippen LogP contribution is -2.28. The topological polar surface area (TPSA) is 0 Å². The molecule has 13 heavy (non-hydrogen) atoms. The van der Waals surface area contributed by atoms with Crippen molar-refractivity contribution in [1.29, 1.82) is 0 Å². The molecule has 0 heterocycles. The van der Waals surface area contributed by atoms with Gasteiger partial charge in [0.1, 0.15) is 0 Å². The Kier molecular flexibility index (Phi) is 2.57. The Hall–Kier alpha value is -0.520. The molecule has 0 nitrogen and oxygen atoms in total. The molecule has 2 aliphatic rings. The summed E-state index contributed by atoms with van der Waals surface area (Å²) in [5, 5.41) is 0. The van der Waals surface area contributed by atoms with E-state index in [1.165, 1.54) is 19.3 Å². The first-order valence-electron chi connectivity index (χ1n) is 5.62. The van der Waals surface area contributed by atoms with Gasteiger partial charge in [0.15, 0.2) is 0 Å². The van der Waals surface area contributed by atoms with Crippen molar-refractivity contribution < 1.29 is 0 Å². The molecule has 0 aliphatic heterocycles. The largest absolute Gasteiger partial charge is 0.0882 e. The van der Waals surface area contributed by atoms with Crippen LogP contribution < -0.4 is 0 Å². The van der Waals surface area contributed by atoms with Gasteiger partial charge in [0, 0.05) is 0 Å². The molecule has 2 aliphatic carbocycles. The Morgan fingerprint density at radius 1 is 1.15 bits per heavy atom. The van der Waals surface area contributed by atoms with E-state index in [1.807, 2.05) is 0 Å². The molecule has 0 heteroatoms. The zero-order chi connectivity index (χ0) is 9.26. The van der Waals surface area contributed by atoms with Gasteiger partial charge < -0.3 is 0 Å². The summed E-state index contributed by atoms with van der Waals surface area (Å²) >= 11 is 0. The van der Waals surface area contributed by atoms with Gasteiger partial charge in [-0.3, -0.25) is 0 Å². The number of fused-ring (bicyclic) bond motifs is 1. The summed E-state index contributed by atoms with van der Waals surface area (Å²) in [4.78, 5) is 0. The standard InChI is InChI=1S/C13H20/c1-10(2)12-9-5-7-11-6-3-4-8-13(11)12/h4-5,8-13H,3,6-7H2,1-2H3. The summed E-state index contributed by atoms with van der Waals surface area (Å²) in [6, 6.07) is 0. The van der Waals surface area contributed by atoms with Gasteiger partial charge in [0.2, 0.25) is 0 Å². The molecule has 0 saturated heterocycles. The summed E-state index contributed by atoms with van der Waals surface area (Å²) in [5.41, 5.74) is 0. The molecule has 0 radical (unpaired) electrons. The monoisotopic (exact) mass is 176 g/mol. The molecule has 0 amide bonds. The fraction of sp³-hybridized carbons (Fsp3) is 0.692. The van der Waals surface area contributed by atoms with Crippen LogP contribution in [0.5, 0.6) is 0 Å². The molecule has 0 N–H and O–H groups in total. The van der Waals surface area contributed by atoms with E-state index in [9.17, 15) is 0 Å². The number of rotatable bonds is 1. The van der Waals surface area contributed by atoms with Crippen molar-refractivity contribution in [3.05, 3.63) is 24.3 Å². The first-order chi connectivity index (χ1) is 6.29. The van der Waals surface area contributed by atoms with Gasteiger partial charge in [-0.2, -0.15) is 0 Å². The normalized spacial score (nSPS) is 37.9. The summed E-state index contributed by atoms with van der Waals surface area (Å²) in [6.07, 6.45) is 13.7. The highest BCUT2D eigenvalue weighted by Crippen LogP contribution is 2.40. The average Bonchev–Trinajstić information content (AvgIpc) is 2.17. The second-order valence-electron chi connectivity index (χ2n) is 4.83. The molecule has 0 aromatic heterocycles. The van der Waals surface area contributed by atoms with Crippen LogP contribution in [0.3, 0.4) is 0 Å². The maximum Gasteiger partial charge on any atom is -0.0137 e. The maximum atomic E-state index is 2.47. The van der Waals surface area contributed by atoms with Crippen LogP contribution in [0.4, 0.5) is 0 Å². The summed E-state index contributed by atoms with van der Waals surface area (Å²) in [6.45, 7) is 4.69. The molecule has 0 saturated carbocycles. The highest BCUT2D eigenvalue weighted by atomic mass is 14.4. The minimum absolute atomic E-state index is 0.798. The third-order valence-electron chi connectivity index (χ3n) is 3.62. The van der Waals surface area contributed by atoms with E-state index in [1.54, 1.807) is 0 Å². The zero-order valence-electron chi connectivity index (χ0n) is 8.74. The van der Waals surface area contributed by atoms with Crippen LogP contribution >= 0.6 is 0 Å². The molecule has 0 aromatic carbocycles. The highest BCUT2D eigenvalue weighted by molar-refractivity contribution is 5.10. The second kappa shape index (κ2) is 3.69. The van der Waals surface area contributed by atoms with Crippen molar-refractivity contribution in [1.82, 2.24) is 0 Å². The molecule has 0 aromatic rings. The van der Waals surface area contributed by atoms with Crippen LogP contribution in [0.1, 0.15) is 33.1 Å². The molecule has 3 atom stereocenters. The van der Waals surface area contributed by atoms with Crippen molar-refractivity contribution in [2.45, 2.75) is 33.1 Å². The minimum atomic E-state index is 0.798. The van der Waals surface area contributed by atoms with Crippen LogP contribution in [0.25, 0.3) is 0 Å². The Morgan fingerprint density at radius 2 is 2.00 bits per heavy atom. The highest BCUT2D eigenvalue weighted by Gasteiger charge is 2.30. The van der Waals surface area contributed by atoms with Crippen LogP contribution in [0, 0.1) is 23.7 Å². The van der Waals surface area contributed by atoms with Crippen molar-refractivity contribution in [2.24, 2.45) is 23.7 Å². The Morgan fingerprint density at radius 3 is 2.77 bits per heavy atom. The molecule has 0 fully saturated rings. The third kappa shape index (κ3) is 1.72. The first-order valence-corrected chi connectivity index (χ1v) is 5.62. The van der Waals surface area contributed by atoms with E-state index >= 15 is 0 Å². The van der Waals surface area contributed by atoms with E-state index in [0.717, 1.165) is 23.7 Å². The second-order valence-corrected chi connectivity index (χ2v) is 4.83. The lowest BCUT2D eigenvalue weighted by Gasteiger charge is -2.37. The van der Waals surface area contributed by atoms with Gasteiger partial charge in [-0.05, 0) is 42.9 Å². The van der Waals surface area contributed by atoms with Crippen LogP contribution in [-0.4, -0.2) is 0 Å². The summed E-state index contributed by atoms with van der Waals surface area (Å²) in [5.74, 6) is 3.39. The lowest BCUT2D eigenvalue weighted by molar-refractivity contribution is 0.233. The van der Waals surface area contributed by atoms with E-state index in [2.05, 4.69) is 38.2 Å². The average molecular weight is 176 g/mol. The Labute approximate surface area is 81.7 Å². The van der Waals surface area contributed by atoms with Crippen molar-refractivity contribution in [3.63, 3.8) is 0 Å². The number of hydrogen-bond acceptors (Lipinski definition) is 0. The van der Waals surface area contributed by atoms with E-state index in [0.29, 0.717) is 0 Å². The first kappa shape index (κ1) is 9.05. The predicted octanol–water partition coefficient (Wildman–Crippen LogP) is 3.80. The van der Waals surface area contributed by atoms with Gasteiger partial charge in [-0.15, -0.1) is 0 Å². The summed E-state index contributed by atoms with van der Waals surface area (Å²) in [7, 11) is 0. The molecule has 0 bridgehead atoms. The van der Waals surface area contributed by atoms with Crippen LogP contribution in [0.15, 0.2) is 24.3 Å². The molecular weight excluding hydrogens is 156 g/mol. The smallest absolute Gasteiger partial charge is 0.0137 e. The number of hydrogen-bond donors (Lipinski definition) is 0. The van der Waals surface area contributed by atoms with Crippen molar-refractivity contribution in [2.75, 3.05) is 0 Å². The predicted molar refractivity (Wildman–Crippen MR) is 57.4 cm³/mol. The van der Waals surface area contributed by atoms with Crippen molar-refractivity contribution >= 4 is 0 Å². The molecular formula is C13H20. The molecule has 3 unspecified atom stereocenters. The van der Waals surface area contributed by atoms with Gasteiger partial charge in [0.05, 0.1) is 0 Å². The molecule has 0 spiro atoms. The zero-order valence-corrected chi connectivity index (χ0v) is 8.74. The van der Waals surface area contributed by atoms with Crippen LogP contribution in [-0.2, 0) is 0 Å². The lowest BCUT2D eigenvalue weighted by atomic mass is 9.68.